The van der Waals surface area contributed by atoms with E-state index in [2.05, 4.69) is 9.88 Å². The highest BCUT2D eigenvalue weighted by Crippen LogP contribution is 2.34. The largest absolute Gasteiger partial charge is 0.335 e. The molecule has 32 heavy (non-hydrogen) atoms. The molecule has 6 nitrogen and oxygen atoms in total. The SMILES string of the molecule is CN1CCN(C(=O)c2cnc(N(C(=O)c3ccc(Cl)cc3Cl)c3ccc(Cl)cc3)s2)CC1. The predicted octanol–water partition coefficient (Wildman–Crippen LogP) is 5.47. The number of halogens is 3. The van der Waals surface area contributed by atoms with E-state index >= 15 is 0 Å². The summed E-state index contributed by atoms with van der Waals surface area (Å²) in [5.74, 6) is -0.475. The maximum Gasteiger partial charge on any atom is 0.266 e. The molecular formula is C22H19Cl3N4O2S. The Morgan fingerprint density at radius 1 is 0.969 bits per heavy atom. The van der Waals surface area contributed by atoms with Crippen LogP contribution in [0.2, 0.25) is 15.1 Å². The fourth-order valence-corrected chi connectivity index (χ4v) is 4.84. The molecule has 0 unspecified atom stereocenters. The molecule has 2 aromatic carbocycles. The third-order valence-corrected chi connectivity index (χ3v) is 6.91. The zero-order valence-corrected chi connectivity index (χ0v) is 20.2. The highest BCUT2D eigenvalue weighted by Gasteiger charge is 2.27. The van der Waals surface area contributed by atoms with Crippen LogP contribution in [0, 0.1) is 0 Å². The van der Waals surface area contributed by atoms with Crippen molar-refractivity contribution in [2.45, 2.75) is 0 Å². The van der Waals surface area contributed by atoms with Crippen molar-refractivity contribution < 1.29 is 9.59 Å². The van der Waals surface area contributed by atoms with Gasteiger partial charge < -0.3 is 9.80 Å². The van der Waals surface area contributed by atoms with Crippen LogP contribution in [-0.4, -0.2) is 59.8 Å². The van der Waals surface area contributed by atoms with Crippen LogP contribution in [0.15, 0.2) is 48.7 Å². The van der Waals surface area contributed by atoms with Crippen LogP contribution >= 0.6 is 46.1 Å². The van der Waals surface area contributed by atoms with E-state index in [9.17, 15) is 9.59 Å². The van der Waals surface area contributed by atoms with E-state index in [-0.39, 0.29) is 22.4 Å². The molecule has 0 spiro atoms. The van der Waals surface area contributed by atoms with Gasteiger partial charge in [0.25, 0.3) is 11.8 Å². The lowest BCUT2D eigenvalue weighted by Crippen LogP contribution is -2.46. The van der Waals surface area contributed by atoms with Crippen LogP contribution in [0.5, 0.6) is 0 Å². The molecule has 0 atom stereocenters. The average molecular weight is 510 g/mol. The molecular weight excluding hydrogens is 491 g/mol. The second-order valence-corrected chi connectivity index (χ2v) is 9.63. The number of carbonyl (C=O) groups excluding carboxylic acids is 2. The second kappa shape index (κ2) is 9.77. The summed E-state index contributed by atoms with van der Waals surface area (Å²) in [6, 6.07) is 11.5. The molecule has 1 aromatic heterocycles. The summed E-state index contributed by atoms with van der Waals surface area (Å²) in [6.07, 6.45) is 1.51. The van der Waals surface area contributed by atoms with Crippen LogP contribution < -0.4 is 4.90 Å². The summed E-state index contributed by atoms with van der Waals surface area (Å²) in [4.78, 5) is 36.8. The Bertz CT molecular complexity index is 1140. The Morgan fingerprint density at radius 2 is 1.62 bits per heavy atom. The van der Waals surface area contributed by atoms with Crippen LogP contribution in [0.25, 0.3) is 0 Å². The molecule has 3 aromatic rings. The number of hydrogen-bond acceptors (Lipinski definition) is 5. The molecule has 0 aliphatic carbocycles. The van der Waals surface area contributed by atoms with Crippen LogP contribution in [-0.2, 0) is 0 Å². The molecule has 1 aliphatic heterocycles. The van der Waals surface area contributed by atoms with E-state index in [1.54, 1.807) is 36.4 Å². The molecule has 0 radical (unpaired) electrons. The molecule has 0 bridgehead atoms. The monoisotopic (exact) mass is 508 g/mol. The van der Waals surface area contributed by atoms with Gasteiger partial charge in [0.2, 0.25) is 0 Å². The van der Waals surface area contributed by atoms with E-state index in [0.717, 1.165) is 24.4 Å². The maximum absolute atomic E-state index is 13.5. The van der Waals surface area contributed by atoms with Gasteiger partial charge in [-0.2, -0.15) is 0 Å². The summed E-state index contributed by atoms with van der Waals surface area (Å²) in [6.45, 7) is 2.95. The molecule has 10 heteroatoms. The first-order valence-electron chi connectivity index (χ1n) is 9.82. The van der Waals surface area contributed by atoms with Crippen molar-refractivity contribution in [2.75, 3.05) is 38.1 Å². The quantitative estimate of drug-likeness (QED) is 0.468. The van der Waals surface area contributed by atoms with Crippen LogP contribution in [0.4, 0.5) is 10.8 Å². The number of thiazole rings is 1. The van der Waals surface area contributed by atoms with Gasteiger partial charge in [-0.15, -0.1) is 0 Å². The van der Waals surface area contributed by atoms with E-state index < -0.39 is 0 Å². The number of rotatable bonds is 4. The zero-order chi connectivity index (χ0) is 22.8. The average Bonchev–Trinajstić information content (AvgIpc) is 3.25. The van der Waals surface area contributed by atoms with Gasteiger partial charge in [-0.25, -0.2) is 4.98 Å². The number of benzene rings is 2. The van der Waals surface area contributed by atoms with Gasteiger partial charge in [-0.3, -0.25) is 14.5 Å². The van der Waals surface area contributed by atoms with Crippen LogP contribution in [0.1, 0.15) is 20.0 Å². The number of hydrogen-bond donors (Lipinski definition) is 0. The van der Waals surface area contributed by atoms with Gasteiger partial charge >= 0.3 is 0 Å². The van der Waals surface area contributed by atoms with Gasteiger partial charge in [0.05, 0.1) is 22.5 Å². The molecule has 2 amide bonds. The lowest BCUT2D eigenvalue weighted by atomic mass is 10.2. The Morgan fingerprint density at radius 3 is 2.28 bits per heavy atom. The van der Waals surface area contributed by atoms with Crippen molar-refractivity contribution in [3.8, 4) is 0 Å². The zero-order valence-electron chi connectivity index (χ0n) is 17.1. The smallest absolute Gasteiger partial charge is 0.266 e. The molecule has 166 valence electrons. The lowest BCUT2D eigenvalue weighted by Gasteiger charge is -2.32. The Kier molecular flexibility index (Phi) is 7.02. The number of likely N-dealkylation sites (N-methyl/N-ethyl adjacent to an activating group) is 1. The fraction of sp³-hybridized carbons (Fsp3) is 0.227. The Hall–Kier alpha value is -2.16. The molecule has 1 aliphatic rings. The van der Waals surface area contributed by atoms with Gasteiger partial charge in [-0.1, -0.05) is 46.1 Å². The van der Waals surface area contributed by atoms with Crippen molar-refractivity contribution >= 4 is 68.8 Å². The summed E-state index contributed by atoms with van der Waals surface area (Å²) < 4.78 is 0. The summed E-state index contributed by atoms with van der Waals surface area (Å²) in [7, 11) is 2.03. The highest BCUT2D eigenvalue weighted by molar-refractivity contribution is 7.17. The molecule has 2 heterocycles. The topological polar surface area (TPSA) is 56.8 Å². The molecule has 0 saturated carbocycles. The number of piperazine rings is 1. The number of carbonyl (C=O) groups is 2. The molecule has 1 fully saturated rings. The molecule has 0 N–H and O–H groups in total. The second-order valence-electron chi connectivity index (χ2n) is 7.34. The summed E-state index contributed by atoms with van der Waals surface area (Å²) in [5.41, 5.74) is 0.825. The third kappa shape index (κ3) is 4.92. The molecule has 4 rings (SSSR count). The van der Waals surface area contributed by atoms with Gasteiger partial charge in [0, 0.05) is 36.2 Å². The number of nitrogens with zero attached hydrogens (tertiary/aromatic N) is 4. The first-order chi connectivity index (χ1) is 15.3. The van der Waals surface area contributed by atoms with E-state index in [4.69, 9.17) is 34.8 Å². The minimum absolute atomic E-state index is 0.0881. The summed E-state index contributed by atoms with van der Waals surface area (Å²) in [5, 5.41) is 1.56. The lowest BCUT2D eigenvalue weighted by molar-refractivity contribution is 0.0668. The minimum Gasteiger partial charge on any atom is -0.335 e. The van der Waals surface area contributed by atoms with Crippen molar-refractivity contribution in [1.29, 1.82) is 0 Å². The number of anilines is 2. The van der Waals surface area contributed by atoms with Gasteiger partial charge in [-0.05, 0) is 49.5 Å². The van der Waals surface area contributed by atoms with Gasteiger partial charge in [0.1, 0.15) is 4.88 Å². The van der Waals surface area contributed by atoms with Crippen molar-refractivity contribution in [2.24, 2.45) is 0 Å². The van der Waals surface area contributed by atoms with E-state index in [1.165, 1.54) is 17.2 Å². The van der Waals surface area contributed by atoms with Crippen molar-refractivity contribution in [1.82, 2.24) is 14.8 Å². The van der Waals surface area contributed by atoms with E-state index in [1.807, 2.05) is 11.9 Å². The van der Waals surface area contributed by atoms with E-state index in [0.29, 0.717) is 38.8 Å². The fourth-order valence-electron chi connectivity index (χ4n) is 3.32. The van der Waals surface area contributed by atoms with Gasteiger partial charge in [0.15, 0.2) is 5.13 Å². The first kappa shape index (κ1) is 23.0. The third-order valence-electron chi connectivity index (χ3n) is 5.14. The first-order valence-corrected chi connectivity index (χ1v) is 11.8. The number of amides is 2. The van der Waals surface area contributed by atoms with Crippen LogP contribution in [0.3, 0.4) is 0 Å². The van der Waals surface area contributed by atoms with Crippen molar-refractivity contribution in [3.05, 3.63) is 74.2 Å². The number of aromatic nitrogens is 1. The Balaban J connectivity index is 1.69. The Labute approximate surface area is 204 Å². The normalized spacial score (nSPS) is 14.4. The molecule has 1 saturated heterocycles. The van der Waals surface area contributed by atoms with Crippen molar-refractivity contribution in [3.63, 3.8) is 0 Å². The standard InChI is InChI=1S/C22H19Cl3N4O2S/c1-27-8-10-28(11-9-27)21(31)19-13-26-22(32-19)29(16-5-2-14(23)3-6-16)20(30)17-7-4-15(24)12-18(17)25/h2-7,12-13H,8-11H2,1H3. The highest BCUT2D eigenvalue weighted by atomic mass is 35.5. The predicted molar refractivity (Wildman–Crippen MR) is 130 cm³/mol. The minimum atomic E-state index is -0.387. The maximum atomic E-state index is 13.5. The summed E-state index contributed by atoms with van der Waals surface area (Å²) >= 11 is 19.5.